The molecule has 2 N–H and O–H groups in total. The Labute approximate surface area is 106 Å². The first-order valence-corrected chi connectivity index (χ1v) is 7.14. The second kappa shape index (κ2) is 6.83. The highest BCUT2D eigenvalue weighted by Gasteiger charge is 2.19. The molecule has 0 saturated carbocycles. The van der Waals surface area contributed by atoms with Gasteiger partial charge in [-0.3, -0.25) is 0 Å². The number of nitrogens with one attached hydrogen (secondary N) is 1. The Morgan fingerprint density at radius 1 is 1.61 bits per heavy atom. The molecule has 0 aliphatic heterocycles. The molecule has 0 saturated heterocycles. The first-order chi connectivity index (χ1) is 8.46. The molecule has 1 rings (SSSR count). The first kappa shape index (κ1) is 15.1. The van der Waals surface area contributed by atoms with Gasteiger partial charge in [-0.05, 0) is 13.3 Å². The lowest BCUT2D eigenvalue weighted by Gasteiger charge is -2.15. The fourth-order valence-electron chi connectivity index (χ4n) is 1.42. The van der Waals surface area contributed by atoms with Crippen molar-refractivity contribution in [2.75, 3.05) is 20.3 Å². The summed E-state index contributed by atoms with van der Waals surface area (Å²) in [6, 6.07) is 1.01. The van der Waals surface area contributed by atoms with Gasteiger partial charge in [0.1, 0.15) is 17.2 Å². The number of methoxy groups -OCH3 is 1. The average molecular weight is 278 g/mol. The van der Waals surface area contributed by atoms with Crippen LogP contribution in [0.1, 0.15) is 17.9 Å². The van der Waals surface area contributed by atoms with Crippen LogP contribution < -0.4 is 4.72 Å². The molecule has 104 valence electrons. The van der Waals surface area contributed by atoms with Crippen molar-refractivity contribution in [1.82, 2.24) is 9.88 Å². The monoisotopic (exact) mass is 278 g/mol. The van der Waals surface area contributed by atoms with Gasteiger partial charge in [0, 0.05) is 25.8 Å². The molecule has 0 aromatic carbocycles. The highest BCUT2D eigenvalue weighted by Crippen LogP contribution is 2.06. The number of hydrogen-bond acceptors (Lipinski definition) is 6. The third kappa shape index (κ3) is 5.13. The van der Waals surface area contributed by atoms with E-state index in [1.165, 1.54) is 7.11 Å². The summed E-state index contributed by atoms with van der Waals surface area (Å²) < 4.78 is 35.6. The van der Waals surface area contributed by atoms with Crippen LogP contribution in [0.5, 0.6) is 0 Å². The van der Waals surface area contributed by atoms with E-state index in [2.05, 4.69) is 9.88 Å². The van der Waals surface area contributed by atoms with Crippen molar-refractivity contribution in [3.05, 3.63) is 17.5 Å². The number of nitrogens with zero attached hydrogens (tertiary/aromatic N) is 1. The third-order valence-corrected chi connectivity index (χ3v) is 3.62. The summed E-state index contributed by atoms with van der Waals surface area (Å²) in [6.07, 6.45) is 0.407. The van der Waals surface area contributed by atoms with Gasteiger partial charge in [-0.2, -0.15) is 0 Å². The van der Waals surface area contributed by atoms with Crippen molar-refractivity contribution in [2.45, 2.75) is 25.1 Å². The van der Waals surface area contributed by atoms with Crippen molar-refractivity contribution in [1.29, 1.82) is 0 Å². The summed E-state index contributed by atoms with van der Waals surface area (Å²) in [5.74, 6) is 0.284. The zero-order chi connectivity index (χ0) is 13.6. The van der Waals surface area contributed by atoms with Crippen LogP contribution in [-0.2, 0) is 20.5 Å². The van der Waals surface area contributed by atoms with Gasteiger partial charge in [-0.15, -0.1) is 0 Å². The van der Waals surface area contributed by atoms with Gasteiger partial charge in [-0.1, -0.05) is 5.16 Å². The summed E-state index contributed by atoms with van der Waals surface area (Å²) in [4.78, 5) is 0. The SMILES string of the molecule is COCCC(CO)NS(=O)(=O)Cc1cc(C)on1. The molecule has 0 spiro atoms. The molecule has 0 amide bonds. The predicted molar refractivity (Wildman–Crippen MR) is 64.4 cm³/mol. The minimum absolute atomic E-state index is 0.270. The lowest BCUT2D eigenvalue weighted by atomic mass is 10.2. The second-order valence-corrected chi connectivity index (χ2v) is 5.72. The first-order valence-electron chi connectivity index (χ1n) is 5.49. The Balaban J connectivity index is 2.57. The topological polar surface area (TPSA) is 102 Å². The number of aliphatic hydroxyl groups excluding tert-OH is 1. The fraction of sp³-hybridized carbons (Fsp3) is 0.700. The van der Waals surface area contributed by atoms with Crippen molar-refractivity contribution in [2.24, 2.45) is 0 Å². The van der Waals surface area contributed by atoms with Gasteiger partial charge < -0.3 is 14.4 Å². The van der Waals surface area contributed by atoms with Crippen molar-refractivity contribution < 1.29 is 22.8 Å². The van der Waals surface area contributed by atoms with Crippen molar-refractivity contribution in [3.63, 3.8) is 0 Å². The third-order valence-electron chi connectivity index (χ3n) is 2.25. The molecule has 0 bridgehead atoms. The predicted octanol–water partition coefficient (Wildman–Crippen LogP) is -0.200. The Hall–Kier alpha value is -0.960. The van der Waals surface area contributed by atoms with Crippen LogP contribution in [0.3, 0.4) is 0 Å². The minimum Gasteiger partial charge on any atom is -0.395 e. The number of ether oxygens (including phenoxy) is 1. The molecule has 0 aliphatic carbocycles. The Kier molecular flexibility index (Phi) is 5.73. The molecule has 0 radical (unpaired) electrons. The number of aryl methyl sites for hydroxylation is 1. The van der Waals surface area contributed by atoms with Gasteiger partial charge in [0.25, 0.3) is 0 Å². The summed E-state index contributed by atoms with van der Waals surface area (Å²) in [6.45, 7) is 1.78. The van der Waals surface area contributed by atoms with Gasteiger partial charge in [0.05, 0.1) is 6.61 Å². The highest BCUT2D eigenvalue weighted by atomic mass is 32.2. The van der Waals surface area contributed by atoms with E-state index in [9.17, 15) is 8.42 Å². The van der Waals surface area contributed by atoms with E-state index in [4.69, 9.17) is 14.4 Å². The van der Waals surface area contributed by atoms with E-state index in [1.807, 2.05) is 0 Å². The molecule has 1 unspecified atom stereocenters. The molecule has 0 aliphatic rings. The summed E-state index contributed by atoms with van der Waals surface area (Å²) in [5.41, 5.74) is 0.337. The quantitative estimate of drug-likeness (QED) is 0.683. The van der Waals surface area contributed by atoms with Crippen LogP contribution in [0.25, 0.3) is 0 Å². The molecule has 1 atom stereocenters. The number of sulfonamides is 1. The smallest absolute Gasteiger partial charge is 0.217 e. The summed E-state index contributed by atoms with van der Waals surface area (Å²) in [7, 11) is -2.04. The van der Waals surface area contributed by atoms with Crippen LogP contribution in [0, 0.1) is 6.92 Å². The Morgan fingerprint density at radius 2 is 2.33 bits per heavy atom. The molecular formula is C10H18N2O5S. The van der Waals surface area contributed by atoms with E-state index in [0.29, 0.717) is 24.5 Å². The van der Waals surface area contributed by atoms with Gasteiger partial charge in [0.15, 0.2) is 0 Å². The normalized spacial score (nSPS) is 13.7. The maximum atomic E-state index is 11.8. The van der Waals surface area contributed by atoms with E-state index < -0.39 is 16.1 Å². The molecule has 0 fully saturated rings. The van der Waals surface area contributed by atoms with Gasteiger partial charge >= 0.3 is 0 Å². The van der Waals surface area contributed by atoms with Crippen molar-refractivity contribution in [3.8, 4) is 0 Å². The number of rotatable bonds is 8. The van der Waals surface area contributed by atoms with E-state index in [-0.39, 0.29) is 12.4 Å². The average Bonchev–Trinajstić information content (AvgIpc) is 2.69. The van der Waals surface area contributed by atoms with Crippen LogP contribution in [0.15, 0.2) is 10.6 Å². The lowest BCUT2D eigenvalue weighted by Crippen LogP contribution is -2.38. The number of aromatic nitrogens is 1. The van der Waals surface area contributed by atoms with Crippen LogP contribution in [0.4, 0.5) is 0 Å². The number of hydrogen-bond donors (Lipinski definition) is 2. The largest absolute Gasteiger partial charge is 0.395 e. The van der Waals surface area contributed by atoms with Gasteiger partial charge in [-0.25, -0.2) is 13.1 Å². The maximum Gasteiger partial charge on any atom is 0.217 e. The van der Waals surface area contributed by atoms with Crippen LogP contribution >= 0.6 is 0 Å². The van der Waals surface area contributed by atoms with Crippen LogP contribution in [0.2, 0.25) is 0 Å². The molecule has 1 aromatic heterocycles. The summed E-state index contributed by atoms with van der Waals surface area (Å²) >= 11 is 0. The second-order valence-electron chi connectivity index (χ2n) is 3.97. The molecule has 7 nitrogen and oxygen atoms in total. The molecule has 1 aromatic rings. The Bertz CT molecular complexity index is 457. The standard InChI is InChI=1S/C10H18N2O5S/c1-8-5-10(11-17-8)7-18(14,15)12-9(6-13)3-4-16-2/h5,9,12-13H,3-4,6-7H2,1-2H3. The molecule has 1 heterocycles. The maximum absolute atomic E-state index is 11.8. The fourth-order valence-corrected chi connectivity index (χ4v) is 2.73. The zero-order valence-electron chi connectivity index (χ0n) is 10.4. The van der Waals surface area contributed by atoms with Gasteiger partial charge in [0.2, 0.25) is 10.0 Å². The zero-order valence-corrected chi connectivity index (χ0v) is 11.2. The minimum atomic E-state index is -3.55. The van der Waals surface area contributed by atoms with Crippen LogP contribution in [-0.4, -0.2) is 45.0 Å². The Morgan fingerprint density at radius 3 is 2.83 bits per heavy atom. The highest BCUT2D eigenvalue weighted by molar-refractivity contribution is 7.88. The van der Waals surface area contributed by atoms with E-state index in [1.54, 1.807) is 13.0 Å². The molecule has 18 heavy (non-hydrogen) atoms. The van der Waals surface area contributed by atoms with E-state index in [0.717, 1.165) is 0 Å². The molecule has 8 heteroatoms. The van der Waals surface area contributed by atoms with E-state index >= 15 is 0 Å². The number of aliphatic hydroxyl groups is 1. The lowest BCUT2D eigenvalue weighted by molar-refractivity contribution is 0.166. The molecular weight excluding hydrogens is 260 g/mol. The van der Waals surface area contributed by atoms with Crippen molar-refractivity contribution >= 4 is 10.0 Å². The summed E-state index contributed by atoms with van der Waals surface area (Å²) in [5, 5.41) is 12.7.